The van der Waals surface area contributed by atoms with E-state index < -0.39 is 27.1 Å². The molecule has 0 N–H and O–H groups in total. The van der Waals surface area contributed by atoms with Crippen molar-refractivity contribution < 1.29 is 14.6 Å². The number of aromatic nitrogens is 1. The molecule has 0 radical (unpaired) electrons. The van der Waals surface area contributed by atoms with E-state index in [2.05, 4.69) is 4.99 Å². The van der Waals surface area contributed by atoms with Crippen LogP contribution in [0.4, 0.5) is 11.4 Å². The van der Waals surface area contributed by atoms with E-state index in [0.717, 1.165) is 34.3 Å². The molecule has 0 unspecified atom stereocenters. The number of nitrogens with zero attached hydrogens (tertiary/aromatic N) is 4. The van der Waals surface area contributed by atoms with E-state index in [9.17, 15) is 25.0 Å². The van der Waals surface area contributed by atoms with Crippen molar-refractivity contribution in [1.29, 1.82) is 0 Å². The van der Waals surface area contributed by atoms with E-state index in [4.69, 9.17) is 11.6 Å². The Morgan fingerprint density at radius 2 is 1.67 bits per heavy atom. The molecule has 0 saturated heterocycles. The lowest BCUT2D eigenvalue weighted by atomic mass is 10.1. The average Bonchev–Trinajstić information content (AvgIpc) is 3.02. The molecule has 0 saturated carbocycles. The predicted molar refractivity (Wildman–Crippen MR) is 113 cm³/mol. The summed E-state index contributed by atoms with van der Waals surface area (Å²) in [7, 11) is 0. The summed E-state index contributed by atoms with van der Waals surface area (Å²) in [5, 5.41) is 22.7. The van der Waals surface area contributed by atoms with Gasteiger partial charge in [-0.2, -0.15) is 4.99 Å². The van der Waals surface area contributed by atoms with Gasteiger partial charge in [-0.3, -0.25) is 25.0 Å². The summed E-state index contributed by atoms with van der Waals surface area (Å²) in [4.78, 5) is 38.7. The summed E-state index contributed by atoms with van der Waals surface area (Å²) in [5.74, 6) is -0.798. The smallest absolute Gasteiger partial charge is 0.280 e. The van der Waals surface area contributed by atoms with Crippen LogP contribution < -0.4 is 4.80 Å². The summed E-state index contributed by atoms with van der Waals surface area (Å²) in [6.45, 7) is 4.30. The van der Waals surface area contributed by atoms with Gasteiger partial charge in [0.25, 0.3) is 17.3 Å². The molecule has 1 amide bonds. The maximum Gasteiger partial charge on any atom is 0.280 e. The molecule has 1 heterocycles. The first-order chi connectivity index (χ1) is 14.2. The standard InChI is InChI=1S/C19H15ClN4O5S/c1-3-22-17(12-4-6-14(20)7-5-12)11(2)30-19(22)21-18(25)13-8-15(23(26)27)10-16(9-13)24(28)29/h4-10H,3H2,1-2H3. The van der Waals surface area contributed by atoms with Gasteiger partial charge in [0, 0.05) is 28.6 Å². The molecule has 0 spiro atoms. The molecule has 30 heavy (non-hydrogen) atoms. The molecule has 3 rings (SSSR count). The first-order valence-corrected chi connectivity index (χ1v) is 9.89. The molecule has 0 aliphatic heterocycles. The maximum atomic E-state index is 12.7. The normalized spacial score (nSPS) is 11.5. The number of hydrogen-bond donors (Lipinski definition) is 0. The zero-order chi connectivity index (χ0) is 22.0. The molecular weight excluding hydrogens is 432 g/mol. The van der Waals surface area contributed by atoms with Crippen LogP contribution in [0.3, 0.4) is 0 Å². The minimum atomic E-state index is -0.798. The highest BCUT2D eigenvalue weighted by Crippen LogP contribution is 2.27. The molecule has 0 fully saturated rings. The number of hydrogen-bond acceptors (Lipinski definition) is 6. The lowest BCUT2D eigenvalue weighted by molar-refractivity contribution is -0.394. The van der Waals surface area contributed by atoms with Gasteiger partial charge in [-0.1, -0.05) is 23.7 Å². The van der Waals surface area contributed by atoms with Crippen molar-refractivity contribution in [3.05, 3.63) is 83.0 Å². The molecule has 2 aromatic carbocycles. The Hall–Kier alpha value is -3.37. The highest BCUT2D eigenvalue weighted by atomic mass is 35.5. The predicted octanol–water partition coefficient (Wildman–Crippen LogP) is 4.76. The van der Waals surface area contributed by atoms with Gasteiger partial charge in [0.15, 0.2) is 4.80 Å². The van der Waals surface area contributed by atoms with Crippen LogP contribution in [-0.2, 0) is 6.54 Å². The number of non-ortho nitro benzene ring substituents is 2. The van der Waals surface area contributed by atoms with Gasteiger partial charge in [0.1, 0.15) is 0 Å². The second-order valence-electron chi connectivity index (χ2n) is 6.21. The summed E-state index contributed by atoms with van der Waals surface area (Å²) < 4.78 is 1.84. The van der Waals surface area contributed by atoms with Crippen LogP contribution in [0.2, 0.25) is 5.02 Å². The zero-order valence-corrected chi connectivity index (χ0v) is 17.4. The minimum absolute atomic E-state index is 0.224. The Kier molecular flexibility index (Phi) is 6.09. The van der Waals surface area contributed by atoms with Crippen LogP contribution in [0.15, 0.2) is 47.5 Å². The molecule has 154 valence electrons. The number of halogens is 1. The van der Waals surface area contributed by atoms with Gasteiger partial charge in [0.2, 0.25) is 0 Å². The number of benzene rings is 2. The van der Waals surface area contributed by atoms with Crippen molar-refractivity contribution in [1.82, 2.24) is 4.57 Å². The fraction of sp³-hybridized carbons (Fsp3) is 0.158. The van der Waals surface area contributed by atoms with Crippen LogP contribution in [0.25, 0.3) is 11.3 Å². The number of carbonyl (C=O) groups is 1. The lowest BCUT2D eigenvalue weighted by Crippen LogP contribution is -2.17. The van der Waals surface area contributed by atoms with E-state index >= 15 is 0 Å². The summed E-state index contributed by atoms with van der Waals surface area (Å²) in [6, 6.07) is 10.0. The van der Waals surface area contributed by atoms with E-state index in [1.54, 1.807) is 12.1 Å². The Labute approximate surface area is 179 Å². The van der Waals surface area contributed by atoms with Crippen LogP contribution in [0, 0.1) is 27.2 Å². The third-order valence-corrected chi connectivity index (χ3v) is 5.53. The highest BCUT2D eigenvalue weighted by molar-refractivity contribution is 7.09. The third kappa shape index (κ3) is 4.29. The van der Waals surface area contributed by atoms with Crippen molar-refractivity contribution in [2.24, 2.45) is 4.99 Å². The molecule has 0 atom stereocenters. The second kappa shape index (κ2) is 8.56. The zero-order valence-electron chi connectivity index (χ0n) is 15.9. The van der Waals surface area contributed by atoms with Crippen molar-refractivity contribution in [3.8, 4) is 11.3 Å². The fourth-order valence-corrected chi connectivity index (χ4v) is 4.13. The molecule has 11 heteroatoms. The number of amides is 1. The first kappa shape index (κ1) is 21.3. The summed E-state index contributed by atoms with van der Waals surface area (Å²) >= 11 is 7.24. The van der Waals surface area contributed by atoms with Crippen LogP contribution in [0.5, 0.6) is 0 Å². The molecule has 1 aromatic heterocycles. The monoisotopic (exact) mass is 446 g/mol. The van der Waals surface area contributed by atoms with Gasteiger partial charge in [0.05, 0.1) is 27.2 Å². The summed E-state index contributed by atoms with van der Waals surface area (Å²) in [5.41, 5.74) is 0.453. The molecule has 0 aliphatic carbocycles. The Balaban J connectivity index is 2.13. The summed E-state index contributed by atoms with van der Waals surface area (Å²) in [6.07, 6.45) is 0. The second-order valence-corrected chi connectivity index (χ2v) is 7.83. The van der Waals surface area contributed by atoms with Gasteiger partial charge in [-0.25, -0.2) is 0 Å². The Bertz CT molecular complexity index is 1200. The lowest BCUT2D eigenvalue weighted by Gasteiger charge is -2.07. The number of aryl methyl sites for hydroxylation is 1. The topological polar surface area (TPSA) is 121 Å². The van der Waals surface area contributed by atoms with Gasteiger partial charge in [-0.05, 0) is 31.5 Å². The maximum absolute atomic E-state index is 12.7. The minimum Gasteiger partial charge on any atom is -0.316 e. The molecule has 0 aliphatic rings. The van der Waals surface area contributed by atoms with Crippen LogP contribution in [0.1, 0.15) is 22.2 Å². The number of rotatable bonds is 5. The van der Waals surface area contributed by atoms with Gasteiger partial charge < -0.3 is 4.57 Å². The molecule has 3 aromatic rings. The molecular formula is C19H15ClN4O5S. The first-order valence-electron chi connectivity index (χ1n) is 8.70. The van der Waals surface area contributed by atoms with E-state index in [1.165, 1.54) is 11.3 Å². The SMILES string of the molecule is CCn1c(-c2ccc(Cl)cc2)c(C)sc1=NC(=O)c1cc([N+](=O)[O-])cc([N+](=O)[O-])c1. The average molecular weight is 447 g/mol. The number of carbonyl (C=O) groups excluding carboxylic acids is 1. The van der Waals surface area contributed by atoms with E-state index in [0.29, 0.717) is 16.4 Å². The van der Waals surface area contributed by atoms with Crippen LogP contribution >= 0.6 is 22.9 Å². The highest BCUT2D eigenvalue weighted by Gasteiger charge is 2.20. The van der Waals surface area contributed by atoms with Crippen LogP contribution in [-0.4, -0.2) is 20.3 Å². The number of nitro benzene ring substituents is 2. The van der Waals surface area contributed by atoms with E-state index in [1.807, 2.05) is 30.5 Å². The fourth-order valence-electron chi connectivity index (χ4n) is 2.95. The number of nitro groups is 2. The number of thiazole rings is 1. The van der Waals surface area contributed by atoms with E-state index in [-0.39, 0.29) is 5.56 Å². The van der Waals surface area contributed by atoms with Gasteiger partial charge >= 0.3 is 0 Å². The Morgan fingerprint density at radius 1 is 1.10 bits per heavy atom. The van der Waals surface area contributed by atoms with Crippen molar-refractivity contribution >= 4 is 40.2 Å². The van der Waals surface area contributed by atoms with Gasteiger partial charge in [-0.15, -0.1) is 11.3 Å². The van der Waals surface area contributed by atoms with Crippen molar-refractivity contribution in [2.45, 2.75) is 20.4 Å². The third-order valence-electron chi connectivity index (χ3n) is 4.28. The quantitative estimate of drug-likeness (QED) is 0.413. The largest absolute Gasteiger partial charge is 0.316 e. The van der Waals surface area contributed by atoms with Crippen molar-refractivity contribution in [2.75, 3.05) is 0 Å². The Morgan fingerprint density at radius 3 is 2.17 bits per heavy atom. The van der Waals surface area contributed by atoms with Crippen molar-refractivity contribution in [3.63, 3.8) is 0 Å². The molecule has 9 nitrogen and oxygen atoms in total. The molecule has 0 bridgehead atoms.